The Hall–Kier alpha value is -4.83. The van der Waals surface area contributed by atoms with E-state index in [4.69, 9.17) is 13.9 Å². The van der Waals surface area contributed by atoms with Crippen LogP contribution < -0.4 is 20.7 Å². The van der Waals surface area contributed by atoms with Gasteiger partial charge in [0.1, 0.15) is 11.9 Å². The van der Waals surface area contributed by atoms with E-state index in [0.29, 0.717) is 35.3 Å². The molecule has 3 aromatic carbocycles. The summed E-state index contributed by atoms with van der Waals surface area (Å²) in [4.78, 5) is 32.0. The van der Waals surface area contributed by atoms with Gasteiger partial charge in [0.05, 0.1) is 18.9 Å². The van der Waals surface area contributed by atoms with Gasteiger partial charge in [0, 0.05) is 37.1 Å². The Kier molecular flexibility index (Phi) is 11.8. The third-order valence-corrected chi connectivity index (χ3v) is 6.79. The number of aromatic nitrogens is 1. The molecule has 3 N–H and O–H groups in total. The van der Waals surface area contributed by atoms with E-state index in [1.165, 1.54) is 6.39 Å². The number of carbonyl (C=O) groups excluding carboxylic acids is 2. The quantitative estimate of drug-likeness (QED) is 0.139. The molecule has 1 unspecified atom stereocenters. The molecule has 0 aliphatic heterocycles. The Morgan fingerprint density at radius 2 is 1.73 bits per heavy atom. The summed E-state index contributed by atoms with van der Waals surface area (Å²) in [6, 6.07) is 21.9. The Morgan fingerprint density at radius 1 is 0.955 bits per heavy atom. The lowest BCUT2D eigenvalue weighted by atomic mass is 10.1. The molecule has 10 heteroatoms. The number of amides is 3. The molecule has 44 heavy (non-hydrogen) atoms. The highest BCUT2D eigenvalue weighted by Crippen LogP contribution is 2.32. The fourth-order valence-corrected chi connectivity index (χ4v) is 4.92. The molecule has 0 fully saturated rings. The molecule has 0 saturated heterocycles. The Bertz CT molecular complexity index is 1480. The first kappa shape index (κ1) is 32.1. The van der Waals surface area contributed by atoms with Crippen LogP contribution in [0.3, 0.4) is 0 Å². The first-order valence-electron chi connectivity index (χ1n) is 14.8. The second-order valence-corrected chi connectivity index (χ2v) is 10.9. The normalized spacial score (nSPS) is 11.7. The minimum Gasteiger partial charge on any atom is -0.496 e. The van der Waals surface area contributed by atoms with Gasteiger partial charge in [0.2, 0.25) is 0 Å². The molecular formula is C34H41N5O5. The van der Waals surface area contributed by atoms with E-state index in [9.17, 15) is 9.59 Å². The number of carbonyl (C=O) groups is 2. The van der Waals surface area contributed by atoms with Crippen molar-refractivity contribution in [2.45, 2.75) is 39.8 Å². The molecule has 10 nitrogen and oxygen atoms in total. The van der Waals surface area contributed by atoms with Crippen LogP contribution in [0.25, 0.3) is 11.3 Å². The number of rotatable bonds is 14. The molecule has 0 aliphatic rings. The SMILES string of the molecule is CCCN(CC(C)C)CC(OC(=O)NCc1cccc(NC(=O)Nc2ccc(-c3cnco3)c(OC)c2)c1)c1ccccc1. The molecular weight excluding hydrogens is 558 g/mol. The van der Waals surface area contributed by atoms with Crippen molar-refractivity contribution in [3.05, 3.63) is 96.5 Å². The summed E-state index contributed by atoms with van der Waals surface area (Å²) in [5, 5.41) is 8.50. The number of ether oxygens (including phenoxy) is 2. The number of nitrogens with zero attached hydrogens (tertiary/aromatic N) is 2. The number of oxazole rings is 1. The zero-order chi connectivity index (χ0) is 31.3. The van der Waals surface area contributed by atoms with Crippen LogP contribution in [0.4, 0.5) is 21.0 Å². The molecule has 0 aliphatic carbocycles. The van der Waals surface area contributed by atoms with Gasteiger partial charge in [-0.05, 0) is 54.3 Å². The van der Waals surface area contributed by atoms with Crippen LogP contribution in [0.2, 0.25) is 0 Å². The van der Waals surface area contributed by atoms with Crippen LogP contribution in [0, 0.1) is 5.92 Å². The number of hydrogen-bond donors (Lipinski definition) is 3. The largest absolute Gasteiger partial charge is 0.496 e. The lowest BCUT2D eigenvalue weighted by Crippen LogP contribution is -2.35. The Balaban J connectivity index is 1.33. The second-order valence-electron chi connectivity index (χ2n) is 10.9. The fourth-order valence-electron chi connectivity index (χ4n) is 4.92. The van der Waals surface area contributed by atoms with Crippen molar-refractivity contribution in [3.8, 4) is 17.1 Å². The van der Waals surface area contributed by atoms with Crippen molar-refractivity contribution in [2.24, 2.45) is 5.92 Å². The molecule has 1 heterocycles. The number of hydrogen-bond acceptors (Lipinski definition) is 7. The van der Waals surface area contributed by atoms with Crippen molar-refractivity contribution < 1.29 is 23.5 Å². The summed E-state index contributed by atoms with van der Waals surface area (Å²) >= 11 is 0. The molecule has 0 bridgehead atoms. The topological polar surface area (TPSA) is 118 Å². The molecule has 0 radical (unpaired) electrons. The Morgan fingerprint density at radius 3 is 2.41 bits per heavy atom. The number of methoxy groups -OCH3 is 1. The summed E-state index contributed by atoms with van der Waals surface area (Å²) in [7, 11) is 1.55. The summed E-state index contributed by atoms with van der Waals surface area (Å²) in [6.45, 7) is 9.25. The van der Waals surface area contributed by atoms with Crippen LogP contribution in [0.5, 0.6) is 5.75 Å². The summed E-state index contributed by atoms with van der Waals surface area (Å²) in [5.74, 6) is 1.60. The van der Waals surface area contributed by atoms with E-state index in [0.717, 1.165) is 36.2 Å². The molecule has 232 valence electrons. The van der Waals surface area contributed by atoms with Crippen molar-refractivity contribution in [3.63, 3.8) is 0 Å². The second kappa shape index (κ2) is 16.1. The van der Waals surface area contributed by atoms with Crippen molar-refractivity contribution in [2.75, 3.05) is 37.4 Å². The van der Waals surface area contributed by atoms with Crippen molar-refractivity contribution in [1.29, 1.82) is 0 Å². The zero-order valence-corrected chi connectivity index (χ0v) is 25.7. The van der Waals surface area contributed by atoms with Crippen LogP contribution in [0.1, 0.15) is 44.4 Å². The molecule has 1 atom stereocenters. The monoisotopic (exact) mass is 599 g/mol. The van der Waals surface area contributed by atoms with Gasteiger partial charge in [-0.1, -0.05) is 63.2 Å². The van der Waals surface area contributed by atoms with Gasteiger partial charge < -0.3 is 29.8 Å². The van der Waals surface area contributed by atoms with E-state index in [1.54, 1.807) is 43.6 Å². The minimum absolute atomic E-state index is 0.239. The zero-order valence-electron chi connectivity index (χ0n) is 25.7. The van der Waals surface area contributed by atoms with Gasteiger partial charge in [0.15, 0.2) is 12.2 Å². The van der Waals surface area contributed by atoms with Gasteiger partial charge in [-0.3, -0.25) is 4.90 Å². The molecule has 4 aromatic rings. The third-order valence-electron chi connectivity index (χ3n) is 6.79. The average molecular weight is 600 g/mol. The summed E-state index contributed by atoms with van der Waals surface area (Å²) < 4.78 is 16.8. The highest BCUT2D eigenvalue weighted by Gasteiger charge is 2.21. The maximum Gasteiger partial charge on any atom is 0.408 e. The standard InChI is InChI=1S/C34H41N5O5/c1-5-16-39(21-24(2)3)22-32(26-11-7-6-8-12-26)44-34(41)36-19-25-10-9-13-27(17-25)37-33(40)38-28-14-15-29(30(18-28)42-4)31-20-35-23-43-31/h6-15,17-18,20,23-24,32H,5,16,19,21-22H2,1-4H3,(H,36,41)(H2,37,38,40). The van der Waals surface area contributed by atoms with E-state index < -0.39 is 18.2 Å². The number of anilines is 2. The van der Waals surface area contributed by atoms with E-state index in [1.807, 2.05) is 42.5 Å². The predicted octanol–water partition coefficient (Wildman–Crippen LogP) is 7.33. The van der Waals surface area contributed by atoms with Gasteiger partial charge >= 0.3 is 12.1 Å². The predicted molar refractivity (Wildman–Crippen MR) is 172 cm³/mol. The lowest BCUT2D eigenvalue weighted by molar-refractivity contribution is 0.0657. The van der Waals surface area contributed by atoms with Gasteiger partial charge in [-0.15, -0.1) is 0 Å². The van der Waals surface area contributed by atoms with E-state index in [-0.39, 0.29) is 6.54 Å². The maximum atomic E-state index is 12.9. The van der Waals surface area contributed by atoms with Crippen LogP contribution in [-0.4, -0.2) is 48.8 Å². The fraction of sp³-hybridized carbons (Fsp3) is 0.324. The van der Waals surface area contributed by atoms with Crippen LogP contribution in [0.15, 0.2) is 89.8 Å². The minimum atomic E-state index is -0.501. The summed E-state index contributed by atoms with van der Waals surface area (Å²) in [6.07, 6.45) is 3.06. The smallest absolute Gasteiger partial charge is 0.408 e. The highest BCUT2D eigenvalue weighted by atomic mass is 16.6. The number of urea groups is 1. The maximum absolute atomic E-state index is 12.9. The molecule has 0 saturated carbocycles. The van der Waals surface area contributed by atoms with E-state index >= 15 is 0 Å². The van der Waals surface area contributed by atoms with Gasteiger partial charge in [-0.25, -0.2) is 14.6 Å². The van der Waals surface area contributed by atoms with Crippen LogP contribution >= 0.6 is 0 Å². The number of nitrogens with one attached hydrogen (secondary N) is 3. The van der Waals surface area contributed by atoms with Gasteiger partial charge in [0.25, 0.3) is 0 Å². The van der Waals surface area contributed by atoms with E-state index in [2.05, 4.69) is 46.6 Å². The molecule has 4 rings (SSSR count). The average Bonchev–Trinajstić information content (AvgIpc) is 3.55. The first-order chi connectivity index (χ1) is 21.3. The van der Waals surface area contributed by atoms with Crippen molar-refractivity contribution >= 4 is 23.5 Å². The summed E-state index contributed by atoms with van der Waals surface area (Å²) in [5.41, 5.74) is 3.60. The highest BCUT2D eigenvalue weighted by molar-refractivity contribution is 6.00. The van der Waals surface area contributed by atoms with Gasteiger partial charge in [-0.2, -0.15) is 0 Å². The molecule has 1 aromatic heterocycles. The first-order valence-corrected chi connectivity index (χ1v) is 14.8. The number of alkyl carbamates (subject to hydrolysis) is 1. The third kappa shape index (κ3) is 9.60. The Labute approximate surface area is 258 Å². The lowest BCUT2D eigenvalue weighted by Gasteiger charge is -2.28. The van der Waals surface area contributed by atoms with Crippen LogP contribution in [-0.2, 0) is 11.3 Å². The number of benzene rings is 3. The van der Waals surface area contributed by atoms with Crippen molar-refractivity contribution in [1.82, 2.24) is 15.2 Å². The molecule has 3 amide bonds. The molecule has 0 spiro atoms.